The van der Waals surface area contributed by atoms with Gasteiger partial charge in [0.15, 0.2) is 5.69 Å². The highest BCUT2D eigenvalue weighted by Gasteiger charge is 2.19. The number of nitriles is 1. The number of aromatic nitrogens is 3. The number of nitrogens with one attached hydrogen (secondary N) is 2. The van der Waals surface area contributed by atoms with Crippen LogP contribution in [0.15, 0.2) is 35.6 Å². The van der Waals surface area contributed by atoms with E-state index in [1.165, 1.54) is 24.5 Å². The van der Waals surface area contributed by atoms with E-state index in [9.17, 15) is 8.42 Å². The van der Waals surface area contributed by atoms with Crippen molar-refractivity contribution in [1.82, 2.24) is 19.7 Å². The normalized spacial score (nSPS) is 11.1. The first-order valence-corrected chi connectivity index (χ1v) is 6.45. The largest absolute Gasteiger partial charge is 0.347 e. The number of hydrogen-bond acceptors (Lipinski definition) is 5. The highest BCUT2D eigenvalue weighted by molar-refractivity contribution is 7.89. The summed E-state index contributed by atoms with van der Waals surface area (Å²) in [5.41, 5.74) is -0.135. The zero-order valence-corrected chi connectivity index (χ0v) is 9.98. The summed E-state index contributed by atoms with van der Waals surface area (Å²) in [6.07, 6.45) is 4.48. The molecule has 8 heteroatoms. The summed E-state index contributed by atoms with van der Waals surface area (Å²) >= 11 is 0. The molecule has 0 aliphatic rings. The van der Waals surface area contributed by atoms with Crippen molar-refractivity contribution >= 4 is 10.0 Å². The number of pyridine rings is 1. The van der Waals surface area contributed by atoms with Gasteiger partial charge in [-0.15, -0.1) is 0 Å². The maximum Gasteiger partial charge on any atom is 0.243 e. The highest BCUT2D eigenvalue weighted by atomic mass is 32.2. The van der Waals surface area contributed by atoms with E-state index < -0.39 is 10.0 Å². The third kappa shape index (κ3) is 2.53. The average molecular weight is 263 g/mol. The van der Waals surface area contributed by atoms with Gasteiger partial charge in [0.25, 0.3) is 0 Å². The van der Waals surface area contributed by atoms with Crippen molar-refractivity contribution in [3.63, 3.8) is 0 Å². The lowest BCUT2D eigenvalue weighted by atomic mass is 10.4. The molecule has 0 saturated carbocycles. The standard InChI is InChI=1S/C10H9N5O2S/c11-6-8-9(2-1-3-12-8)18(16,17)15-7-10-13-4-5-14-10/h1-5,15H,7H2,(H,13,14). The molecule has 18 heavy (non-hydrogen) atoms. The van der Waals surface area contributed by atoms with Crippen LogP contribution in [0.3, 0.4) is 0 Å². The quantitative estimate of drug-likeness (QED) is 0.815. The van der Waals surface area contributed by atoms with Crippen LogP contribution in [0.5, 0.6) is 0 Å². The molecule has 2 aromatic heterocycles. The van der Waals surface area contributed by atoms with Crippen molar-refractivity contribution < 1.29 is 8.42 Å². The molecular weight excluding hydrogens is 254 g/mol. The summed E-state index contributed by atoms with van der Waals surface area (Å²) in [5.74, 6) is 0.487. The van der Waals surface area contributed by atoms with Crippen LogP contribution in [-0.4, -0.2) is 23.4 Å². The van der Waals surface area contributed by atoms with Gasteiger partial charge in [-0.05, 0) is 12.1 Å². The average Bonchev–Trinajstić information content (AvgIpc) is 2.89. The SMILES string of the molecule is N#Cc1ncccc1S(=O)(=O)NCc1ncc[nH]1. The molecule has 92 valence electrons. The van der Waals surface area contributed by atoms with Gasteiger partial charge < -0.3 is 4.98 Å². The van der Waals surface area contributed by atoms with E-state index in [1.807, 2.05) is 0 Å². The first kappa shape index (κ1) is 12.2. The minimum Gasteiger partial charge on any atom is -0.347 e. The zero-order chi connectivity index (χ0) is 13.0. The molecule has 0 aliphatic carbocycles. The molecule has 0 fully saturated rings. The maximum absolute atomic E-state index is 12.0. The van der Waals surface area contributed by atoms with Gasteiger partial charge in [-0.1, -0.05) is 0 Å². The fraction of sp³-hybridized carbons (Fsp3) is 0.100. The van der Waals surface area contributed by atoms with Crippen LogP contribution in [-0.2, 0) is 16.6 Å². The van der Waals surface area contributed by atoms with E-state index in [0.717, 1.165) is 0 Å². The van der Waals surface area contributed by atoms with Crippen molar-refractivity contribution in [1.29, 1.82) is 5.26 Å². The monoisotopic (exact) mass is 263 g/mol. The number of hydrogen-bond donors (Lipinski definition) is 2. The second-order valence-corrected chi connectivity index (χ2v) is 5.06. The van der Waals surface area contributed by atoms with Crippen molar-refractivity contribution in [3.8, 4) is 6.07 Å². The summed E-state index contributed by atoms with van der Waals surface area (Å²) in [6, 6.07) is 4.53. The molecule has 0 amide bonds. The van der Waals surface area contributed by atoms with Crippen molar-refractivity contribution in [2.75, 3.05) is 0 Å². The van der Waals surface area contributed by atoms with Crippen LogP contribution in [0.1, 0.15) is 11.5 Å². The minimum absolute atomic E-state index is 0.0229. The minimum atomic E-state index is -3.77. The Balaban J connectivity index is 2.23. The number of imidazole rings is 1. The molecule has 2 N–H and O–H groups in total. The molecule has 2 heterocycles. The third-order valence-corrected chi connectivity index (χ3v) is 3.58. The Morgan fingerprint density at radius 2 is 2.22 bits per heavy atom. The molecule has 2 aromatic rings. The van der Waals surface area contributed by atoms with Crippen LogP contribution in [0, 0.1) is 11.3 Å². The van der Waals surface area contributed by atoms with Crippen molar-refractivity contribution in [2.24, 2.45) is 0 Å². The Labute approximate surface area is 104 Å². The number of H-pyrrole nitrogens is 1. The summed E-state index contributed by atoms with van der Waals surface area (Å²) in [6.45, 7) is 0.0229. The Morgan fingerprint density at radius 3 is 2.89 bits per heavy atom. The summed E-state index contributed by atoms with van der Waals surface area (Å²) < 4.78 is 26.3. The van der Waals surface area contributed by atoms with E-state index in [0.29, 0.717) is 5.82 Å². The van der Waals surface area contributed by atoms with E-state index in [1.54, 1.807) is 12.3 Å². The van der Waals surface area contributed by atoms with Crippen molar-refractivity contribution in [3.05, 3.63) is 42.2 Å². The fourth-order valence-corrected chi connectivity index (χ4v) is 2.42. The Bertz CT molecular complexity index is 673. The molecule has 0 aliphatic heterocycles. The maximum atomic E-state index is 12.0. The molecule has 2 rings (SSSR count). The van der Waals surface area contributed by atoms with E-state index in [-0.39, 0.29) is 17.1 Å². The lowest BCUT2D eigenvalue weighted by Crippen LogP contribution is -2.24. The molecule has 0 unspecified atom stereocenters. The van der Waals surface area contributed by atoms with Crippen LogP contribution >= 0.6 is 0 Å². The van der Waals surface area contributed by atoms with Crippen LogP contribution < -0.4 is 4.72 Å². The number of aromatic amines is 1. The number of sulfonamides is 1. The molecule has 0 saturated heterocycles. The van der Waals surface area contributed by atoms with E-state index in [2.05, 4.69) is 19.7 Å². The topological polar surface area (TPSA) is 112 Å². The second kappa shape index (κ2) is 4.95. The second-order valence-electron chi connectivity index (χ2n) is 3.32. The van der Waals surface area contributed by atoms with Gasteiger partial charge in [-0.25, -0.2) is 23.1 Å². The van der Waals surface area contributed by atoms with Gasteiger partial charge in [0, 0.05) is 18.6 Å². The molecule has 0 radical (unpaired) electrons. The summed E-state index contributed by atoms with van der Waals surface area (Å²) in [5, 5.41) is 8.81. The van der Waals surface area contributed by atoms with E-state index >= 15 is 0 Å². The van der Waals surface area contributed by atoms with Gasteiger partial charge >= 0.3 is 0 Å². The molecule has 0 bridgehead atoms. The van der Waals surface area contributed by atoms with Crippen molar-refractivity contribution in [2.45, 2.75) is 11.4 Å². The fourth-order valence-electron chi connectivity index (χ4n) is 1.33. The first-order chi connectivity index (χ1) is 8.63. The van der Waals surface area contributed by atoms with Gasteiger partial charge in [0.1, 0.15) is 16.8 Å². The predicted octanol–water partition coefficient (Wildman–Crippen LogP) is 0.155. The zero-order valence-electron chi connectivity index (χ0n) is 9.16. The van der Waals surface area contributed by atoms with Gasteiger partial charge in [0.05, 0.1) is 6.54 Å². The molecule has 0 atom stereocenters. The highest BCUT2D eigenvalue weighted by Crippen LogP contribution is 2.11. The van der Waals surface area contributed by atoms with Gasteiger partial charge in [-0.3, -0.25) is 0 Å². The van der Waals surface area contributed by atoms with Crippen LogP contribution in [0.2, 0.25) is 0 Å². The third-order valence-electron chi connectivity index (χ3n) is 2.15. The molecule has 0 aromatic carbocycles. The predicted molar refractivity (Wildman–Crippen MR) is 61.6 cm³/mol. The number of rotatable bonds is 4. The lowest BCUT2D eigenvalue weighted by molar-refractivity contribution is 0.579. The Morgan fingerprint density at radius 1 is 1.39 bits per heavy atom. The summed E-state index contributed by atoms with van der Waals surface area (Å²) in [4.78, 5) is 10.2. The summed E-state index contributed by atoms with van der Waals surface area (Å²) in [7, 11) is -3.77. The van der Waals surface area contributed by atoms with Crippen LogP contribution in [0.25, 0.3) is 0 Å². The molecule has 7 nitrogen and oxygen atoms in total. The Kier molecular flexibility index (Phi) is 3.36. The smallest absolute Gasteiger partial charge is 0.243 e. The first-order valence-electron chi connectivity index (χ1n) is 4.96. The molecular formula is C10H9N5O2S. The lowest BCUT2D eigenvalue weighted by Gasteiger charge is -2.05. The number of nitrogens with zero attached hydrogens (tertiary/aromatic N) is 3. The van der Waals surface area contributed by atoms with E-state index in [4.69, 9.17) is 5.26 Å². The van der Waals surface area contributed by atoms with Crippen LogP contribution in [0.4, 0.5) is 0 Å². The van der Waals surface area contributed by atoms with Gasteiger partial charge in [0.2, 0.25) is 10.0 Å². The molecule has 0 spiro atoms. The van der Waals surface area contributed by atoms with Gasteiger partial charge in [-0.2, -0.15) is 5.26 Å². The Hall–Kier alpha value is -2.24.